The molecule has 0 N–H and O–H groups in total. The summed E-state index contributed by atoms with van der Waals surface area (Å²) in [6, 6.07) is 5.90. The maximum atomic E-state index is 4.70. The molecule has 0 aliphatic rings. The highest BCUT2D eigenvalue weighted by Crippen LogP contribution is 2.30. The Kier molecular flexibility index (Phi) is 3.24. The Hall–Kier alpha value is -2.61. The molecule has 122 valence electrons. The van der Waals surface area contributed by atoms with Crippen LogP contribution in [0.25, 0.3) is 27.1 Å². The number of rotatable bonds is 2. The molecule has 4 aromatic rings. The van der Waals surface area contributed by atoms with Crippen molar-refractivity contribution < 1.29 is 0 Å². The topological polar surface area (TPSA) is 73.8 Å². The highest BCUT2D eigenvalue weighted by Gasteiger charge is 2.22. The van der Waals surface area contributed by atoms with E-state index in [9.17, 15) is 0 Å². The van der Waals surface area contributed by atoms with Crippen LogP contribution in [-0.4, -0.2) is 34.6 Å². The standard InChI is InChI=1S/C16H17N7S/c1-16(2,3)12-9-11(22(4)20-12)14-21-23-13(18-19-15(23)24-14)10-5-7-17-8-6-10/h5-9H,1-4H3. The van der Waals surface area contributed by atoms with Gasteiger partial charge in [-0.15, -0.1) is 10.2 Å². The third-order valence-corrected chi connectivity index (χ3v) is 4.72. The number of aromatic nitrogens is 7. The van der Waals surface area contributed by atoms with Gasteiger partial charge in [-0.25, -0.2) is 0 Å². The van der Waals surface area contributed by atoms with Crippen molar-refractivity contribution in [2.45, 2.75) is 26.2 Å². The summed E-state index contributed by atoms with van der Waals surface area (Å²) >= 11 is 1.51. The van der Waals surface area contributed by atoms with Gasteiger partial charge < -0.3 is 0 Å². The lowest BCUT2D eigenvalue weighted by atomic mass is 9.92. The minimum atomic E-state index is -0.00280. The van der Waals surface area contributed by atoms with E-state index in [2.05, 4.69) is 47.1 Å². The van der Waals surface area contributed by atoms with Crippen molar-refractivity contribution >= 4 is 16.3 Å². The molecule has 8 heteroatoms. The fourth-order valence-electron chi connectivity index (χ4n) is 2.44. The third kappa shape index (κ3) is 2.39. The lowest BCUT2D eigenvalue weighted by Gasteiger charge is -2.13. The molecule has 4 heterocycles. The Morgan fingerprint density at radius 3 is 2.46 bits per heavy atom. The smallest absolute Gasteiger partial charge is 0.235 e. The van der Waals surface area contributed by atoms with Gasteiger partial charge in [0.15, 0.2) is 10.8 Å². The van der Waals surface area contributed by atoms with Crippen LogP contribution in [0.2, 0.25) is 0 Å². The van der Waals surface area contributed by atoms with Gasteiger partial charge in [-0.3, -0.25) is 9.67 Å². The van der Waals surface area contributed by atoms with Gasteiger partial charge in [0.2, 0.25) is 4.96 Å². The first kappa shape index (κ1) is 14.9. The molecule has 0 aliphatic heterocycles. The molecule has 4 rings (SSSR count). The molecule has 7 nitrogen and oxygen atoms in total. The van der Waals surface area contributed by atoms with Crippen LogP contribution < -0.4 is 0 Å². The molecular formula is C16H17N7S. The Labute approximate surface area is 143 Å². The molecule has 0 fully saturated rings. The average Bonchev–Trinajstić information content (AvgIpc) is 3.20. The first-order chi connectivity index (χ1) is 11.4. The zero-order valence-electron chi connectivity index (χ0n) is 13.9. The van der Waals surface area contributed by atoms with Crippen LogP contribution >= 0.6 is 11.3 Å². The van der Waals surface area contributed by atoms with Gasteiger partial charge in [-0.2, -0.15) is 14.7 Å². The number of pyridine rings is 1. The maximum absolute atomic E-state index is 4.70. The van der Waals surface area contributed by atoms with Crippen LogP contribution in [0.4, 0.5) is 0 Å². The highest BCUT2D eigenvalue weighted by molar-refractivity contribution is 7.19. The summed E-state index contributed by atoms with van der Waals surface area (Å²) in [6.07, 6.45) is 3.47. The number of hydrogen-bond acceptors (Lipinski definition) is 6. The monoisotopic (exact) mass is 339 g/mol. The molecule has 0 bridgehead atoms. The number of hydrogen-bond donors (Lipinski definition) is 0. The first-order valence-electron chi connectivity index (χ1n) is 7.61. The normalized spacial score (nSPS) is 12.2. The lowest BCUT2D eigenvalue weighted by Crippen LogP contribution is -2.12. The van der Waals surface area contributed by atoms with E-state index in [1.54, 1.807) is 16.9 Å². The summed E-state index contributed by atoms with van der Waals surface area (Å²) in [5.74, 6) is 0.716. The van der Waals surface area contributed by atoms with E-state index in [0.717, 1.165) is 26.9 Å². The van der Waals surface area contributed by atoms with Crippen LogP contribution in [-0.2, 0) is 12.5 Å². The zero-order chi connectivity index (χ0) is 16.9. The Morgan fingerprint density at radius 2 is 1.79 bits per heavy atom. The average molecular weight is 339 g/mol. The van der Waals surface area contributed by atoms with Gasteiger partial charge in [0.25, 0.3) is 0 Å². The predicted molar refractivity (Wildman–Crippen MR) is 92.8 cm³/mol. The predicted octanol–water partition coefficient (Wildman–Crippen LogP) is 2.95. The molecule has 0 radical (unpaired) electrons. The van der Waals surface area contributed by atoms with Gasteiger partial charge in [0, 0.05) is 30.4 Å². The summed E-state index contributed by atoms with van der Waals surface area (Å²) in [5.41, 5.74) is 2.96. The summed E-state index contributed by atoms with van der Waals surface area (Å²) < 4.78 is 3.65. The molecule has 0 saturated heterocycles. The molecule has 0 aliphatic carbocycles. The van der Waals surface area contributed by atoms with E-state index in [1.807, 2.05) is 23.9 Å². The molecule has 0 saturated carbocycles. The Morgan fingerprint density at radius 1 is 1.04 bits per heavy atom. The molecule has 0 spiro atoms. The van der Waals surface area contributed by atoms with Gasteiger partial charge in [0.05, 0.1) is 11.4 Å². The van der Waals surface area contributed by atoms with Crippen LogP contribution in [0.5, 0.6) is 0 Å². The third-order valence-electron chi connectivity index (χ3n) is 3.80. The number of nitrogens with zero attached hydrogens (tertiary/aromatic N) is 7. The maximum Gasteiger partial charge on any atom is 0.235 e. The minimum absolute atomic E-state index is 0.00280. The molecular weight excluding hydrogens is 322 g/mol. The second-order valence-electron chi connectivity index (χ2n) is 6.65. The fraction of sp³-hybridized carbons (Fsp3) is 0.312. The van der Waals surface area contributed by atoms with Gasteiger partial charge in [-0.05, 0) is 18.2 Å². The van der Waals surface area contributed by atoms with E-state index in [0.29, 0.717) is 5.82 Å². The second kappa shape index (κ2) is 5.20. The summed E-state index contributed by atoms with van der Waals surface area (Å²) in [6.45, 7) is 6.46. The van der Waals surface area contributed by atoms with Crippen molar-refractivity contribution in [3.05, 3.63) is 36.3 Å². The Bertz CT molecular complexity index is 1000. The molecule has 0 aromatic carbocycles. The van der Waals surface area contributed by atoms with E-state index < -0.39 is 0 Å². The molecule has 24 heavy (non-hydrogen) atoms. The molecule has 0 atom stereocenters. The van der Waals surface area contributed by atoms with Gasteiger partial charge in [-0.1, -0.05) is 32.1 Å². The highest BCUT2D eigenvalue weighted by atomic mass is 32.1. The summed E-state index contributed by atoms with van der Waals surface area (Å²) in [7, 11) is 1.94. The van der Waals surface area contributed by atoms with Crippen molar-refractivity contribution in [2.75, 3.05) is 0 Å². The molecule has 0 unspecified atom stereocenters. The van der Waals surface area contributed by atoms with Crippen molar-refractivity contribution in [3.8, 4) is 22.1 Å². The van der Waals surface area contributed by atoms with Gasteiger partial charge >= 0.3 is 0 Å². The minimum Gasteiger partial charge on any atom is -0.265 e. The molecule has 4 aromatic heterocycles. The van der Waals surface area contributed by atoms with E-state index in [1.165, 1.54) is 11.3 Å². The van der Waals surface area contributed by atoms with Gasteiger partial charge in [0.1, 0.15) is 0 Å². The van der Waals surface area contributed by atoms with Crippen molar-refractivity contribution in [1.29, 1.82) is 0 Å². The van der Waals surface area contributed by atoms with Crippen LogP contribution in [0.3, 0.4) is 0 Å². The van der Waals surface area contributed by atoms with E-state index in [-0.39, 0.29) is 5.41 Å². The number of aryl methyl sites for hydroxylation is 1. The summed E-state index contributed by atoms with van der Waals surface area (Å²) in [5, 5.41) is 18.7. The number of fused-ring (bicyclic) bond motifs is 1. The summed E-state index contributed by atoms with van der Waals surface area (Å²) in [4.78, 5) is 4.80. The zero-order valence-corrected chi connectivity index (χ0v) is 14.7. The van der Waals surface area contributed by atoms with Crippen LogP contribution in [0.15, 0.2) is 30.6 Å². The molecule has 0 amide bonds. The largest absolute Gasteiger partial charge is 0.265 e. The van der Waals surface area contributed by atoms with Crippen LogP contribution in [0, 0.1) is 0 Å². The van der Waals surface area contributed by atoms with Crippen molar-refractivity contribution in [3.63, 3.8) is 0 Å². The van der Waals surface area contributed by atoms with E-state index >= 15 is 0 Å². The second-order valence-corrected chi connectivity index (χ2v) is 7.61. The van der Waals surface area contributed by atoms with Crippen molar-refractivity contribution in [1.82, 2.24) is 34.6 Å². The quantitative estimate of drug-likeness (QED) is 0.561. The van der Waals surface area contributed by atoms with Crippen LogP contribution in [0.1, 0.15) is 26.5 Å². The lowest BCUT2D eigenvalue weighted by molar-refractivity contribution is 0.553. The first-order valence-corrected chi connectivity index (χ1v) is 8.42. The SMILES string of the molecule is Cn1nc(C(C)(C)C)cc1-c1nn2c(-c3ccncc3)nnc2s1. The van der Waals surface area contributed by atoms with E-state index in [4.69, 9.17) is 5.10 Å². The van der Waals surface area contributed by atoms with Crippen molar-refractivity contribution in [2.24, 2.45) is 7.05 Å². The fourth-order valence-corrected chi connectivity index (χ4v) is 3.32. The Balaban J connectivity index is 1.83.